The topological polar surface area (TPSA) is 12.9 Å². The molecule has 0 saturated heterocycles. The van der Waals surface area contributed by atoms with Gasteiger partial charge < -0.3 is 0 Å². The number of nitrogens with zero attached hydrogens (tertiary/aromatic N) is 1. The molecule has 304 valence electrons. The molecule has 1 aromatic heterocycles. The van der Waals surface area contributed by atoms with Crippen LogP contribution in [0, 0.1) is 0 Å². The van der Waals surface area contributed by atoms with E-state index in [1.54, 1.807) is 0 Å². The molecule has 1 heteroatoms. The summed E-state index contributed by atoms with van der Waals surface area (Å²) in [5, 5.41) is 12.6. The summed E-state index contributed by atoms with van der Waals surface area (Å²) in [6, 6.07) is 83.0. The van der Waals surface area contributed by atoms with Gasteiger partial charge in [0.25, 0.3) is 0 Å². The van der Waals surface area contributed by atoms with E-state index in [1.165, 1.54) is 92.8 Å². The molecular weight excluding hydrogens is 783 g/mol. The summed E-state index contributed by atoms with van der Waals surface area (Å²) < 4.78 is 0. The third kappa shape index (κ3) is 5.96. The van der Waals surface area contributed by atoms with Gasteiger partial charge in [0, 0.05) is 16.5 Å². The summed E-state index contributed by atoms with van der Waals surface area (Å²) in [6.45, 7) is 4.69. The van der Waals surface area contributed by atoms with Crippen molar-refractivity contribution in [3.63, 3.8) is 0 Å². The third-order valence-corrected chi connectivity index (χ3v) is 14.2. The van der Waals surface area contributed by atoms with Crippen molar-refractivity contribution >= 4 is 53.9 Å². The lowest BCUT2D eigenvalue weighted by molar-refractivity contribution is 0.660. The summed E-state index contributed by atoms with van der Waals surface area (Å²) in [5.74, 6) is 0. The van der Waals surface area contributed by atoms with Crippen LogP contribution in [0.5, 0.6) is 0 Å². The number of aromatic nitrogens is 1. The maximum Gasteiger partial charge on any atom is 0.0716 e. The molecule has 65 heavy (non-hydrogen) atoms. The molecule has 1 aliphatic carbocycles. The molecule has 0 saturated carbocycles. The highest BCUT2D eigenvalue weighted by atomic mass is 14.7. The Labute approximate surface area is 378 Å². The van der Waals surface area contributed by atoms with Crippen LogP contribution in [-0.4, -0.2) is 4.98 Å². The average molecular weight is 826 g/mol. The van der Waals surface area contributed by atoms with Crippen molar-refractivity contribution < 1.29 is 0 Å². The molecule has 0 aliphatic heterocycles. The zero-order valence-electron chi connectivity index (χ0n) is 36.3. The SMILES string of the molecule is CC1(C)c2ccccc2-c2cc(-c3cc(-c4ccccc4)nc(-c4cc(-c5ccc6c7ccccc7c7ccccc7c6c5)cc(-c5cc6ccccc6c6ccccc56)c4)c3)ccc21. The van der Waals surface area contributed by atoms with E-state index < -0.39 is 0 Å². The van der Waals surface area contributed by atoms with Gasteiger partial charge in [-0.25, -0.2) is 4.98 Å². The van der Waals surface area contributed by atoms with Crippen molar-refractivity contribution in [3.8, 4) is 67.0 Å². The summed E-state index contributed by atoms with van der Waals surface area (Å²) in [6.07, 6.45) is 0. The largest absolute Gasteiger partial charge is 0.248 e. The van der Waals surface area contributed by atoms with E-state index in [-0.39, 0.29) is 5.41 Å². The molecule has 0 bridgehead atoms. The quantitative estimate of drug-likeness (QED) is 0.158. The monoisotopic (exact) mass is 825 g/mol. The van der Waals surface area contributed by atoms with Gasteiger partial charge in [-0.3, -0.25) is 0 Å². The first-order valence-electron chi connectivity index (χ1n) is 22.7. The van der Waals surface area contributed by atoms with Crippen LogP contribution in [0.3, 0.4) is 0 Å². The smallest absolute Gasteiger partial charge is 0.0716 e. The summed E-state index contributed by atoms with van der Waals surface area (Å²) in [7, 11) is 0. The Morgan fingerprint density at radius 2 is 0.754 bits per heavy atom. The van der Waals surface area contributed by atoms with Gasteiger partial charge in [-0.15, -0.1) is 0 Å². The minimum atomic E-state index is -0.0605. The van der Waals surface area contributed by atoms with Crippen LogP contribution in [0.25, 0.3) is 121 Å². The molecule has 1 aliphatic rings. The normalized spacial score (nSPS) is 12.9. The van der Waals surface area contributed by atoms with Gasteiger partial charge in [-0.1, -0.05) is 190 Å². The van der Waals surface area contributed by atoms with Crippen molar-refractivity contribution in [2.45, 2.75) is 19.3 Å². The van der Waals surface area contributed by atoms with Gasteiger partial charge in [-0.05, 0) is 158 Å². The fourth-order valence-corrected chi connectivity index (χ4v) is 11.0. The van der Waals surface area contributed by atoms with Crippen molar-refractivity contribution in [1.29, 1.82) is 0 Å². The van der Waals surface area contributed by atoms with Crippen LogP contribution in [0.4, 0.5) is 0 Å². The fourth-order valence-electron chi connectivity index (χ4n) is 11.0. The highest BCUT2D eigenvalue weighted by Crippen LogP contribution is 2.50. The lowest BCUT2D eigenvalue weighted by Gasteiger charge is -2.21. The summed E-state index contributed by atoms with van der Waals surface area (Å²) >= 11 is 0. The lowest BCUT2D eigenvalue weighted by Crippen LogP contribution is -2.14. The van der Waals surface area contributed by atoms with Gasteiger partial charge in [0.2, 0.25) is 0 Å². The number of rotatable bonds is 5. The van der Waals surface area contributed by atoms with Crippen molar-refractivity contribution in [2.24, 2.45) is 0 Å². The molecule has 0 unspecified atom stereocenters. The van der Waals surface area contributed by atoms with Crippen LogP contribution in [0.15, 0.2) is 224 Å². The van der Waals surface area contributed by atoms with E-state index >= 15 is 0 Å². The van der Waals surface area contributed by atoms with Crippen molar-refractivity contribution in [2.75, 3.05) is 0 Å². The van der Waals surface area contributed by atoms with E-state index in [0.717, 1.165) is 39.2 Å². The van der Waals surface area contributed by atoms with Crippen LogP contribution in [0.2, 0.25) is 0 Å². The first kappa shape index (κ1) is 37.4. The summed E-state index contributed by atoms with van der Waals surface area (Å²) in [5.41, 5.74) is 16.4. The highest BCUT2D eigenvalue weighted by Gasteiger charge is 2.35. The molecular formula is C64H43N. The zero-order valence-corrected chi connectivity index (χ0v) is 36.3. The van der Waals surface area contributed by atoms with Gasteiger partial charge in [-0.2, -0.15) is 0 Å². The lowest BCUT2D eigenvalue weighted by atomic mass is 9.82. The van der Waals surface area contributed by atoms with Crippen molar-refractivity contribution in [3.05, 3.63) is 236 Å². The maximum atomic E-state index is 5.54. The second kappa shape index (κ2) is 14.5. The van der Waals surface area contributed by atoms with Crippen molar-refractivity contribution in [1.82, 2.24) is 4.98 Å². The van der Waals surface area contributed by atoms with E-state index in [9.17, 15) is 0 Å². The molecule has 0 radical (unpaired) electrons. The van der Waals surface area contributed by atoms with Crippen LogP contribution in [0.1, 0.15) is 25.0 Å². The Hall–Kier alpha value is -8.13. The predicted molar refractivity (Wildman–Crippen MR) is 277 cm³/mol. The number of hydrogen-bond donors (Lipinski definition) is 0. The second-order valence-electron chi connectivity index (χ2n) is 18.3. The second-order valence-corrected chi connectivity index (χ2v) is 18.3. The van der Waals surface area contributed by atoms with E-state index in [4.69, 9.17) is 4.98 Å². The van der Waals surface area contributed by atoms with Crippen LogP contribution in [-0.2, 0) is 5.41 Å². The summed E-state index contributed by atoms with van der Waals surface area (Å²) in [4.78, 5) is 5.54. The molecule has 0 amide bonds. The minimum Gasteiger partial charge on any atom is -0.248 e. The van der Waals surface area contributed by atoms with Crippen LogP contribution < -0.4 is 0 Å². The third-order valence-electron chi connectivity index (χ3n) is 14.2. The Balaban J connectivity index is 1.07. The zero-order chi connectivity index (χ0) is 43.2. The Morgan fingerprint density at radius 3 is 1.49 bits per heavy atom. The number of fused-ring (bicyclic) bond motifs is 12. The molecule has 13 rings (SSSR count). The Kier molecular flexibility index (Phi) is 8.32. The van der Waals surface area contributed by atoms with Gasteiger partial charge >= 0.3 is 0 Å². The Bertz CT molecular complexity index is 3880. The molecule has 1 nitrogen and oxygen atoms in total. The first-order valence-corrected chi connectivity index (χ1v) is 22.7. The van der Waals surface area contributed by atoms with Gasteiger partial charge in [0.05, 0.1) is 11.4 Å². The maximum absolute atomic E-state index is 5.54. The van der Waals surface area contributed by atoms with E-state index in [2.05, 4.69) is 238 Å². The molecule has 12 aromatic rings. The predicted octanol–water partition coefficient (Wildman–Crippen LogP) is 17.5. The molecule has 0 spiro atoms. The molecule has 0 atom stereocenters. The minimum absolute atomic E-state index is 0.0605. The highest BCUT2D eigenvalue weighted by molar-refractivity contribution is 6.26. The van der Waals surface area contributed by atoms with Gasteiger partial charge in [0.1, 0.15) is 0 Å². The Morgan fingerprint density at radius 1 is 0.262 bits per heavy atom. The molecule has 11 aromatic carbocycles. The molecule has 1 heterocycles. The molecule has 0 fully saturated rings. The number of hydrogen-bond acceptors (Lipinski definition) is 1. The average Bonchev–Trinajstić information content (AvgIpc) is 3.61. The van der Waals surface area contributed by atoms with E-state index in [0.29, 0.717) is 0 Å². The van der Waals surface area contributed by atoms with E-state index in [1.807, 2.05) is 0 Å². The fraction of sp³-hybridized carbons (Fsp3) is 0.0469. The number of pyridine rings is 1. The standard InChI is InChI=1S/C64H43N/c1-64(2)60-27-15-14-26-56(60)59-36-42(29-31-61(59)64)45-38-62(40-16-4-3-5-17-40)65-63(39-45)47-33-44(32-46(34-47)57-37-43-18-6-7-19-48(43)49-20-8-12-24-53(49)57)41-28-30-55-52-23-10-9-21-50(52)51-22-11-13-25-54(51)58(55)35-41/h3-39H,1-2H3. The van der Waals surface area contributed by atoms with Crippen LogP contribution >= 0.6 is 0 Å². The number of benzene rings is 11. The first-order chi connectivity index (χ1) is 32.0. The van der Waals surface area contributed by atoms with Gasteiger partial charge in [0.15, 0.2) is 0 Å². The molecule has 0 N–H and O–H groups in total.